The smallest absolute Gasteiger partial charge is 0.185 e. The fourth-order valence-electron chi connectivity index (χ4n) is 1.06. The van der Waals surface area contributed by atoms with E-state index in [0.717, 1.165) is 6.42 Å². The van der Waals surface area contributed by atoms with Crippen molar-refractivity contribution in [3.63, 3.8) is 0 Å². The van der Waals surface area contributed by atoms with Crippen molar-refractivity contribution in [2.24, 2.45) is 0 Å². The van der Waals surface area contributed by atoms with Gasteiger partial charge in [0.15, 0.2) is 5.12 Å². The fraction of sp³-hybridized carbons (Fsp3) is 0.889. The van der Waals surface area contributed by atoms with Crippen molar-refractivity contribution in [1.29, 1.82) is 0 Å². The molecule has 1 nitrogen and oxygen atoms in total. The molecule has 11 heavy (non-hydrogen) atoms. The summed E-state index contributed by atoms with van der Waals surface area (Å²) in [6.07, 6.45) is 8.06. The molecule has 0 saturated carbocycles. The summed E-state index contributed by atoms with van der Waals surface area (Å²) >= 11 is 3.70. The first kappa shape index (κ1) is 11.0. The first-order valence-electron chi connectivity index (χ1n) is 4.49. The Hall–Kier alpha value is 0.0200. The van der Waals surface area contributed by atoms with Crippen LogP contribution in [0.2, 0.25) is 0 Å². The van der Waals surface area contributed by atoms with Crippen LogP contribution in [0.25, 0.3) is 0 Å². The van der Waals surface area contributed by atoms with Crippen molar-refractivity contribution in [2.75, 3.05) is 0 Å². The van der Waals surface area contributed by atoms with Gasteiger partial charge in [-0.1, -0.05) is 39.0 Å². The molecule has 0 fully saturated rings. The van der Waals surface area contributed by atoms with Crippen LogP contribution in [0.5, 0.6) is 0 Å². The Morgan fingerprint density at radius 1 is 1.09 bits per heavy atom. The summed E-state index contributed by atoms with van der Waals surface area (Å²) in [6, 6.07) is 0. The van der Waals surface area contributed by atoms with E-state index in [1.165, 1.54) is 32.1 Å². The van der Waals surface area contributed by atoms with E-state index in [0.29, 0.717) is 6.42 Å². The minimum absolute atomic E-state index is 0.0282. The minimum atomic E-state index is 0.0282. The highest BCUT2D eigenvalue weighted by Gasteiger charge is 1.93. The Morgan fingerprint density at radius 2 is 1.64 bits per heavy atom. The minimum Gasteiger partial charge on any atom is -0.288 e. The van der Waals surface area contributed by atoms with E-state index in [2.05, 4.69) is 19.6 Å². The van der Waals surface area contributed by atoms with E-state index in [9.17, 15) is 4.79 Å². The van der Waals surface area contributed by atoms with Gasteiger partial charge in [-0.25, -0.2) is 0 Å². The molecule has 66 valence electrons. The lowest BCUT2D eigenvalue weighted by Gasteiger charge is -1.97. The molecule has 0 radical (unpaired) electrons. The second-order valence-corrected chi connectivity index (χ2v) is 3.41. The zero-order valence-electron chi connectivity index (χ0n) is 7.31. The number of carbonyl (C=O) groups is 1. The highest BCUT2D eigenvalue weighted by Crippen LogP contribution is 2.07. The summed E-state index contributed by atoms with van der Waals surface area (Å²) in [7, 11) is 0. The molecule has 0 bridgehead atoms. The number of thiol groups is 1. The largest absolute Gasteiger partial charge is 0.288 e. The van der Waals surface area contributed by atoms with Gasteiger partial charge >= 0.3 is 0 Å². The normalized spacial score (nSPS) is 10.0. The summed E-state index contributed by atoms with van der Waals surface area (Å²) < 4.78 is 0. The fourth-order valence-corrected chi connectivity index (χ4v) is 1.21. The third-order valence-electron chi connectivity index (χ3n) is 1.74. The van der Waals surface area contributed by atoms with Crippen LogP contribution in [-0.4, -0.2) is 5.12 Å². The van der Waals surface area contributed by atoms with Crippen LogP contribution >= 0.6 is 12.6 Å². The Morgan fingerprint density at radius 3 is 2.18 bits per heavy atom. The molecule has 0 spiro atoms. The van der Waals surface area contributed by atoms with Gasteiger partial charge in [0.25, 0.3) is 0 Å². The lowest BCUT2D eigenvalue weighted by molar-refractivity contribution is -0.110. The van der Waals surface area contributed by atoms with Crippen molar-refractivity contribution < 1.29 is 4.79 Å². The van der Waals surface area contributed by atoms with E-state index < -0.39 is 0 Å². The highest BCUT2D eigenvalue weighted by molar-refractivity contribution is 7.96. The van der Waals surface area contributed by atoms with Crippen LogP contribution in [0.4, 0.5) is 0 Å². The molecule has 0 unspecified atom stereocenters. The molecule has 0 atom stereocenters. The predicted molar refractivity (Wildman–Crippen MR) is 52.0 cm³/mol. The lowest BCUT2D eigenvalue weighted by atomic mass is 10.1. The molecule has 0 aliphatic rings. The van der Waals surface area contributed by atoms with Crippen molar-refractivity contribution in [3.05, 3.63) is 0 Å². The first-order chi connectivity index (χ1) is 5.27. The predicted octanol–water partition coefficient (Wildman–Crippen LogP) is 3.19. The van der Waals surface area contributed by atoms with Gasteiger partial charge in [0, 0.05) is 6.42 Å². The molecule has 0 heterocycles. The van der Waals surface area contributed by atoms with Crippen LogP contribution in [0.15, 0.2) is 0 Å². The number of hydrogen-bond acceptors (Lipinski definition) is 1. The van der Waals surface area contributed by atoms with Gasteiger partial charge < -0.3 is 0 Å². The van der Waals surface area contributed by atoms with E-state index in [1.807, 2.05) is 0 Å². The SMILES string of the molecule is CCCCCCCCC(=O)S. The van der Waals surface area contributed by atoms with E-state index in [-0.39, 0.29) is 5.12 Å². The number of unbranched alkanes of at least 4 members (excludes halogenated alkanes) is 5. The van der Waals surface area contributed by atoms with Gasteiger partial charge in [0.2, 0.25) is 0 Å². The van der Waals surface area contributed by atoms with Crippen LogP contribution in [0, 0.1) is 0 Å². The summed E-state index contributed by atoms with van der Waals surface area (Å²) in [6.45, 7) is 2.21. The zero-order chi connectivity index (χ0) is 8.53. The molecule has 0 aliphatic carbocycles. The molecule has 2 heteroatoms. The third-order valence-corrected chi connectivity index (χ3v) is 1.97. The monoisotopic (exact) mass is 174 g/mol. The first-order valence-corrected chi connectivity index (χ1v) is 4.94. The Balaban J connectivity index is 2.85. The van der Waals surface area contributed by atoms with Crippen LogP contribution in [0.3, 0.4) is 0 Å². The summed E-state index contributed by atoms with van der Waals surface area (Å²) in [5, 5.41) is 0.0282. The average Bonchev–Trinajstić information content (AvgIpc) is 1.96. The Kier molecular flexibility index (Phi) is 8.13. The quantitative estimate of drug-likeness (QED) is 0.463. The maximum atomic E-state index is 10.4. The van der Waals surface area contributed by atoms with E-state index in [1.54, 1.807) is 0 Å². The van der Waals surface area contributed by atoms with Gasteiger partial charge in [-0.3, -0.25) is 4.79 Å². The Bertz CT molecular complexity index is 102. The van der Waals surface area contributed by atoms with Crippen molar-refractivity contribution in [1.82, 2.24) is 0 Å². The van der Waals surface area contributed by atoms with Gasteiger partial charge in [-0.05, 0) is 6.42 Å². The van der Waals surface area contributed by atoms with Crippen LogP contribution in [-0.2, 0) is 4.79 Å². The molecule has 0 amide bonds. The molecular formula is C9H18OS. The van der Waals surface area contributed by atoms with Crippen LogP contribution in [0.1, 0.15) is 51.9 Å². The molecule has 0 aliphatic heterocycles. The van der Waals surface area contributed by atoms with Gasteiger partial charge in [0.1, 0.15) is 0 Å². The summed E-state index contributed by atoms with van der Waals surface area (Å²) in [4.78, 5) is 10.4. The number of hydrogen-bond donors (Lipinski definition) is 1. The second kappa shape index (κ2) is 8.12. The van der Waals surface area contributed by atoms with Crippen molar-refractivity contribution in [3.8, 4) is 0 Å². The van der Waals surface area contributed by atoms with Gasteiger partial charge in [-0.15, -0.1) is 12.6 Å². The van der Waals surface area contributed by atoms with Crippen molar-refractivity contribution in [2.45, 2.75) is 51.9 Å². The van der Waals surface area contributed by atoms with E-state index >= 15 is 0 Å². The number of carbonyl (C=O) groups excluding carboxylic acids is 1. The molecule has 0 aromatic carbocycles. The zero-order valence-corrected chi connectivity index (χ0v) is 8.20. The van der Waals surface area contributed by atoms with Crippen molar-refractivity contribution >= 4 is 17.7 Å². The third kappa shape index (κ3) is 10.0. The number of rotatable bonds is 7. The molecule has 0 aromatic rings. The highest BCUT2D eigenvalue weighted by atomic mass is 32.1. The second-order valence-electron chi connectivity index (χ2n) is 2.91. The molecule has 0 aromatic heterocycles. The van der Waals surface area contributed by atoms with E-state index in [4.69, 9.17) is 0 Å². The topological polar surface area (TPSA) is 17.1 Å². The average molecular weight is 174 g/mol. The molecular weight excluding hydrogens is 156 g/mol. The standard InChI is InChI=1S/C9H18OS/c1-2-3-4-5-6-7-8-9(10)11/h2-8H2,1H3,(H,10,11). The maximum absolute atomic E-state index is 10.4. The summed E-state index contributed by atoms with van der Waals surface area (Å²) in [5.74, 6) is 0. The summed E-state index contributed by atoms with van der Waals surface area (Å²) in [5.41, 5.74) is 0. The van der Waals surface area contributed by atoms with Crippen LogP contribution < -0.4 is 0 Å². The molecule has 0 saturated heterocycles. The van der Waals surface area contributed by atoms with Gasteiger partial charge in [0.05, 0.1) is 0 Å². The maximum Gasteiger partial charge on any atom is 0.185 e. The molecule has 0 N–H and O–H groups in total. The Labute approximate surface area is 75.0 Å². The lowest BCUT2D eigenvalue weighted by Crippen LogP contribution is -1.86. The molecule has 0 rings (SSSR count). The van der Waals surface area contributed by atoms with Gasteiger partial charge in [-0.2, -0.15) is 0 Å².